The molecule has 0 saturated carbocycles. The smallest absolute Gasteiger partial charge is 0.303 e. The van der Waals surface area contributed by atoms with Crippen LogP contribution in [-0.4, -0.2) is 18.5 Å². The molecule has 0 radical (unpaired) electrons. The molecule has 5 heteroatoms. The first-order valence-corrected chi connectivity index (χ1v) is 6.75. The summed E-state index contributed by atoms with van der Waals surface area (Å²) in [7, 11) is 0. The van der Waals surface area contributed by atoms with Crippen LogP contribution in [0.15, 0.2) is 28.7 Å². The van der Waals surface area contributed by atoms with E-state index in [4.69, 9.17) is 9.47 Å². The fraction of sp³-hybridized carbons (Fsp3) is 0.429. The summed E-state index contributed by atoms with van der Waals surface area (Å²) in [5.41, 5.74) is 0.873. The molecule has 0 aliphatic rings. The van der Waals surface area contributed by atoms with E-state index in [0.717, 1.165) is 10.0 Å². The fourth-order valence-electron chi connectivity index (χ4n) is 1.68. The Bertz CT molecular complexity index is 441. The first-order valence-electron chi connectivity index (χ1n) is 5.96. The molecule has 0 N–H and O–H groups in total. The molecule has 0 spiro atoms. The van der Waals surface area contributed by atoms with Gasteiger partial charge < -0.3 is 9.47 Å². The van der Waals surface area contributed by atoms with Crippen molar-refractivity contribution in [3.8, 4) is 0 Å². The summed E-state index contributed by atoms with van der Waals surface area (Å²) in [4.78, 5) is 22.0. The fourth-order valence-corrected chi connectivity index (χ4v) is 1.94. The maximum Gasteiger partial charge on any atom is 0.303 e. The quantitative estimate of drug-likeness (QED) is 0.778. The molecule has 1 aromatic rings. The van der Waals surface area contributed by atoms with Crippen molar-refractivity contribution in [2.24, 2.45) is 5.92 Å². The van der Waals surface area contributed by atoms with Gasteiger partial charge in [-0.3, -0.25) is 9.59 Å². The average molecular weight is 329 g/mol. The monoisotopic (exact) mass is 328 g/mol. The van der Waals surface area contributed by atoms with Gasteiger partial charge in [-0.1, -0.05) is 35.0 Å². The first-order chi connectivity index (χ1) is 8.90. The Hall–Kier alpha value is -1.36. The van der Waals surface area contributed by atoms with Gasteiger partial charge in [0.25, 0.3) is 0 Å². The molecule has 0 amide bonds. The SMILES string of the molecule is CC(=O)OCC(C)C(OC(C)=O)c1ccc(Br)cc1. The molecule has 0 heterocycles. The van der Waals surface area contributed by atoms with Crippen LogP contribution in [0, 0.1) is 5.92 Å². The van der Waals surface area contributed by atoms with Gasteiger partial charge in [-0.2, -0.15) is 0 Å². The minimum absolute atomic E-state index is 0.117. The standard InChI is InChI=1S/C14H17BrO4/c1-9(8-18-10(2)16)14(19-11(3)17)12-4-6-13(15)7-5-12/h4-7,9,14H,8H2,1-3H3. The Morgan fingerprint density at radius 3 is 2.21 bits per heavy atom. The maximum absolute atomic E-state index is 11.2. The van der Waals surface area contributed by atoms with Gasteiger partial charge in [0.15, 0.2) is 0 Å². The molecule has 2 unspecified atom stereocenters. The van der Waals surface area contributed by atoms with Crippen molar-refractivity contribution in [2.75, 3.05) is 6.61 Å². The zero-order chi connectivity index (χ0) is 14.4. The highest BCUT2D eigenvalue weighted by Crippen LogP contribution is 2.27. The number of hydrogen-bond acceptors (Lipinski definition) is 4. The molecule has 2 atom stereocenters. The third-order valence-corrected chi connectivity index (χ3v) is 3.09. The van der Waals surface area contributed by atoms with Crippen molar-refractivity contribution in [2.45, 2.75) is 26.9 Å². The predicted octanol–water partition coefficient (Wildman–Crippen LogP) is 3.25. The topological polar surface area (TPSA) is 52.6 Å². The Morgan fingerprint density at radius 1 is 1.16 bits per heavy atom. The van der Waals surface area contributed by atoms with E-state index >= 15 is 0 Å². The summed E-state index contributed by atoms with van der Waals surface area (Å²) in [5, 5.41) is 0. The number of ether oxygens (including phenoxy) is 2. The molecule has 0 aliphatic carbocycles. The second kappa shape index (κ2) is 7.28. The molecule has 1 aromatic carbocycles. The van der Waals surface area contributed by atoms with Crippen LogP contribution >= 0.6 is 15.9 Å². The third-order valence-electron chi connectivity index (χ3n) is 2.56. The van der Waals surface area contributed by atoms with E-state index in [0.29, 0.717) is 0 Å². The maximum atomic E-state index is 11.2. The van der Waals surface area contributed by atoms with Gasteiger partial charge in [0.2, 0.25) is 0 Å². The molecule has 1 rings (SSSR count). The van der Waals surface area contributed by atoms with Gasteiger partial charge >= 0.3 is 11.9 Å². The summed E-state index contributed by atoms with van der Waals surface area (Å²) in [6, 6.07) is 7.51. The molecule has 19 heavy (non-hydrogen) atoms. The lowest BCUT2D eigenvalue weighted by Gasteiger charge is -2.23. The number of carbonyl (C=O) groups is 2. The Labute approximate surface area is 121 Å². The molecule has 0 aliphatic heterocycles. The van der Waals surface area contributed by atoms with E-state index in [2.05, 4.69) is 15.9 Å². The van der Waals surface area contributed by atoms with Gasteiger partial charge in [-0.25, -0.2) is 0 Å². The second-order valence-corrected chi connectivity index (χ2v) is 5.28. The predicted molar refractivity (Wildman–Crippen MR) is 74.4 cm³/mol. The van der Waals surface area contributed by atoms with Crippen molar-refractivity contribution in [3.05, 3.63) is 34.3 Å². The molecule has 4 nitrogen and oxygen atoms in total. The van der Waals surface area contributed by atoms with Gasteiger partial charge in [0, 0.05) is 24.2 Å². The number of carbonyl (C=O) groups excluding carboxylic acids is 2. The zero-order valence-corrected chi connectivity index (χ0v) is 12.8. The van der Waals surface area contributed by atoms with Crippen molar-refractivity contribution in [1.82, 2.24) is 0 Å². The van der Waals surface area contributed by atoms with Crippen LogP contribution in [0.4, 0.5) is 0 Å². The highest BCUT2D eigenvalue weighted by atomic mass is 79.9. The van der Waals surface area contributed by atoms with E-state index < -0.39 is 6.10 Å². The lowest BCUT2D eigenvalue weighted by molar-refractivity contribution is -0.152. The molecule has 104 valence electrons. The summed E-state index contributed by atoms with van der Waals surface area (Å²) in [6.45, 7) is 4.81. The van der Waals surface area contributed by atoms with Gasteiger partial charge in [-0.05, 0) is 17.7 Å². The minimum atomic E-state index is -0.426. The number of halogens is 1. The average Bonchev–Trinajstić information content (AvgIpc) is 2.34. The number of rotatable bonds is 5. The third kappa shape index (κ3) is 5.42. The Kier molecular flexibility index (Phi) is 6.02. The van der Waals surface area contributed by atoms with Crippen molar-refractivity contribution >= 4 is 27.9 Å². The van der Waals surface area contributed by atoms with Crippen LogP contribution in [0.3, 0.4) is 0 Å². The van der Waals surface area contributed by atoms with Crippen LogP contribution in [0.25, 0.3) is 0 Å². The van der Waals surface area contributed by atoms with E-state index in [1.807, 2.05) is 31.2 Å². The minimum Gasteiger partial charge on any atom is -0.465 e. The molecule has 0 saturated heterocycles. The highest BCUT2D eigenvalue weighted by Gasteiger charge is 2.23. The summed E-state index contributed by atoms with van der Waals surface area (Å²) in [6.07, 6.45) is -0.426. The van der Waals surface area contributed by atoms with Crippen molar-refractivity contribution in [3.63, 3.8) is 0 Å². The largest absolute Gasteiger partial charge is 0.465 e. The summed E-state index contributed by atoms with van der Waals surface area (Å²) < 4.78 is 11.2. The van der Waals surface area contributed by atoms with Crippen LogP contribution in [-0.2, 0) is 19.1 Å². The molecular formula is C14H17BrO4. The van der Waals surface area contributed by atoms with Gasteiger partial charge in [0.1, 0.15) is 6.10 Å². The summed E-state index contributed by atoms with van der Waals surface area (Å²) >= 11 is 3.36. The van der Waals surface area contributed by atoms with Crippen LogP contribution in [0.5, 0.6) is 0 Å². The van der Waals surface area contributed by atoms with Gasteiger partial charge in [0.05, 0.1) is 6.61 Å². The van der Waals surface area contributed by atoms with E-state index in [1.54, 1.807) is 0 Å². The van der Waals surface area contributed by atoms with E-state index in [-0.39, 0.29) is 24.5 Å². The van der Waals surface area contributed by atoms with Crippen molar-refractivity contribution in [1.29, 1.82) is 0 Å². The number of esters is 2. The highest BCUT2D eigenvalue weighted by molar-refractivity contribution is 9.10. The Balaban J connectivity index is 2.84. The van der Waals surface area contributed by atoms with Crippen molar-refractivity contribution < 1.29 is 19.1 Å². The van der Waals surface area contributed by atoms with Crippen LogP contribution in [0.1, 0.15) is 32.4 Å². The molecule has 0 aromatic heterocycles. The lowest BCUT2D eigenvalue weighted by atomic mass is 9.98. The van der Waals surface area contributed by atoms with E-state index in [9.17, 15) is 9.59 Å². The summed E-state index contributed by atoms with van der Waals surface area (Å²) in [5.74, 6) is -0.819. The molecule has 0 bridgehead atoms. The van der Waals surface area contributed by atoms with Crippen LogP contribution < -0.4 is 0 Å². The first kappa shape index (κ1) is 15.7. The molecular weight excluding hydrogens is 312 g/mol. The molecule has 0 fully saturated rings. The Morgan fingerprint density at radius 2 is 1.74 bits per heavy atom. The van der Waals surface area contributed by atoms with Gasteiger partial charge in [-0.15, -0.1) is 0 Å². The zero-order valence-electron chi connectivity index (χ0n) is 11.2. The number of benzene rings is 1. The lowest BCUT2D eigenvalue weighted by Crippen LogP contribution is -2.21. The number of hydrogen-bond donors (Lipinski definition) is 0. The normalized spacial score (nSPS) is 13.5. The van der Waals surface area contributed by atoms with Crippen LogP contribution in [0.2, 0.25) is 0 Å². The second-order valence-electron chi connectivity index (χ2n) is 4.36. The van der Waals surface area contributed by atoms with E-state index in [1.165, 1.54) is 13.8 Å².